The average Bonchev–Trinajstić information content (AvgIpc) is 2.90. The lowest BCUT2D eigenvalue weighted by Crippen LogP contribution is -2.26. The molecule has 27 heavy (non-hydrogen) atoms. The predicted octanol–water partition coefficient (Wildman–Crippen LogP) is 4.21. The molecule has 136 valence electrons. The van der Waals surface area contributed by atoms with Gasteiger partial charge in [-0.15, -0.1) is 0 Å². The molecule has 0 fully saturated rings. The maximum absolute atomic E-state index is 12.9. The summed E-state index contributed by atoms with van der Waals surface area (Å²) < 4.78 is 3.37. The van der Waals surface area contributed by atoms with Crippen LogP contribution in [0.4, 0.5) is 5.69 Å². The predicted molar refractivity (Wildman–Crippen MR) is 120 cm³/mol. The number of fused-ring (bicyclic) bond motifs is 2. The van der Waals surface area contributed by atoms with E-state index >= 15 is 0 Å². The molecule has 0 saturated heterocycles. The Bertz CT molecular complexity index is 1200. The van der Waals surface area contributed by atoms with Crippen molar-refractivity contribution in [1.82, 2.24) is 9.55 Å². The van der Waals surface area contributed by atoms with Gasteiger partial charge in [-0.05, 0) is 72.0 Å². The Morgan fingerprint density at radius 3 is 2.70 bits per heavy atom. The summed E-state index contributed by atoms with van der Waals surface area (Å²) in [5.41, 5.74) is 2.75. The van der Waals surface area contributed by atoms with Gasteiger partial charge in [0.25, 0.3) is 11.5 Å². The second kappa shape index (κ2) is 6.87. The molecule has 0 bridgehead atoms. The molecule has 0 radical (unpaired) electrons. The number of likely N-dealkylation sites (N-methyl/N-ethyl adjacent to an activating group) is 1. The third-order valence-electron chi connectivity index (χ3n) is 4.68. The number of halogens is 2. The van der Waals surface area contributed by atoms with Crippen LogP contribution >= 0.6 is 38.5 Å². The van der Waals surface area contributed by atoms with Gasteiger partial charge in [0.2, 0.25) is 0 Å². The van der Waals surface area contributed by atoms with E-state index in [1.165, 1.54) is 4.57 Å². The van der Waals surface area contributed by atoms with Crippen molar-refractivity contribution in [3.63, 3.8) is 0 Å². The normalized spacial score (nSPS) is 15.0. The lowest BCUT2D eigenvalue weighted by molar-refractivity contribution is -0.112. The molecule has 5 nitrogen and oxygen atoms in total. The number of amides is 1. The van der Waals surface area contributed by atoms with Gasteiger partial charge in [-0.3, -0.25) is 14.2 Å². The van der Waals surface area contributed by atoms with E-state index in [4.69, 9.17) is 0 Å². The van der Waals surface area contributed by atoms with E-state index in [1.807, 2.05) is 43.3 Å². The first-order chi connectivity index (χ1) is 12.9. The number of nitrogens with zero attached hydrogens (tertiary/aromatic N) is 3. The molecule has 0 atom stereocenters. The molecule has 1 aromatic heterocycles. The fraction of sp³-hybridized carbons (Fsp3) is 0.150. The highest BCUT2D eigenvalue weighted by atomic mass is 127. The molecular formula is C20H15BrIN3O2. The molecule has 1 aliphatic rings. The fourth-order valence-electron chi connectivity index (χ4n) is 3.30. The molecule has 7 heteroatoms. The van der Waals surface area contributed by atoms with Crippen molar-refractivity contribution in [2.75, 3.05) is 11.4 Å². The van der Waals surface area contributed by atoms with Crippen LogP contribution in [0.1, 0.15) is 18.3 Å². The summed E-state index contributed by atoms with van der Waals surface area (Å²) in [5, 5.41) is 0.572. The van der Waals surface area contributed by atoms with Crippen molar-refractivity contribution in [3.8, 4) is 0 Å². The van der Waals surface area contributed by atoms with Crippen LogP contribution in [0.15, 0.2) is 45.7 Å². The van der Waals surface area contributed by atoms with Crippen LogP contribution in [0.25, 0.3) is 22.6 Å². The fourth-order valence-corrected chi connectivity index (χ4v) is 4.15. The molecule has 2 aromatic carbocycles. The van der Waals surface area contributed by atoms with Gasteiger partial charge in [0.15, 0.2) is 0 Å². The maximum atomic E-state index is 12.9. The quantitative estimate of drug-likeness (QED) is 0.365. The lowest BCUT2D eigenvalue weighted by Gasteiger charge is -2.13. The molecule has 3 aromatic rings. The van der Waals surface area contributed by atoms with Crippen LogP contribution in [0.2, 0.25) is 0 Å². The standard InChI is InChI=1S/C20H15BrIN3O2/c1-3-25-17-7-4-11(21)8-13(17)14(20(25)27)10-18-23-16-6-5-12(22)9-15(16)19(26)24(18)2/h4-10H,3H2,1-2H3. The van der Waals surface area contributed by atoms with Gasteiger partial charge in [-0.1, -0.05) is 15.9 Å². The first-order valence-electron chi connectivity index (χ1n) is 8.40. The Labute approximate surface area is 178 Å². The Morgan fingerprint density at radius 1 is 1.19 bits per heavy atom. The molecule has 1 aliphatic heterocycles. The summed E-state index contributed by atoms with van der Waals surface area (Å²) in [7, 11) is 1.68. The zero-order chi connectivity index (χ0) is 19.3. The topological polar surface area (TPSA) is 55.2 Å². The summed E-state index contributed by atoms with van der Waals surface area (Å²) in [6, 6.07) is 11.3. The smallest absolute Gasteiger partial charge is 0.261 e. The highest BCUT2D eigenvalue weighted by Gasteiger charge is 2.31. The van der Waals surface area contributed by atoms with Crippen molar-refractivity contribution in [2.45, 2.75) is 6.92 Å². The Hall–Kier alpha value is -2.00. The summed E-state index contributed by atoms with van der Waals surface area (Å²) in [6.07, 6.45) is 1.71. The lowest BCUT2D eigenvalue weighted by atomic mass is 10.1. The van der Waals surface area contributed by atoms with Crippen LogP contribution < -0.4 is 10.5 Å². The van der Waals surface area contributed by atoms with E-state index in [2.05, 4.69) is 43.5 Å². The zero-order valence-corrected chi connectivity index (χ0v) is 18.4. The minimum atomic E-state index is -0.127. The minimum absolute atomic E-state index is 0.0810. The number of anilines is 1. The van der Waals surface area contributed by atoms with Crippen molar-refractivity contribution in [2.24, 2.45) is 7.05 Å². The van der Waals surface area contributed by atoms with Crippen LogP contribution in [0.5, 0.6) is 0 Å². The Balaban J connectivity index is 1.96. The Morgan fingerprint density at radius 2 is 1.96 bits per heavy atom. The van der Waals surface area contributed by atoms with E-state index in [9.17, 15) is 9.59 Å². The molecule has 0 N–H and O–H groups in total. The second-order valence-electron chi connectivity index (χ2n) is 6.26. The highest BCUT2D eigenvalue weighted by molar-refractivity contribution is 14.1. The van der Waals surface area contributed by atoms with Gasteiger partial charge in [0, 0.05) is 27.2 Å². The number of rotatable bonds is 2. The van der Waals surface area contributed by atoms with Gasteiger partial charge in [-0.25, -0.2) is 4.98 Å². The number of benzene rings is 2. The summed E-state index contributed by atoms with van der Waals surface area (Å²) in [6.45, 7) is 2.52. The number of hydrogen-bond donors (Lipinski definition) is 0. The third kappa shape index (κ3) is 3.02. The van der Waals surface area contributed by atoms with Crippen LogP contribution in [0, 0.1) is 3.57 Å². The van der Waals surface area contributed by atoms with Crippen LogP contribution in [0.3, 0.4) is 0 Å². The van der Waals surface area contributed by atoms with E-state index in [-0.39, 0.29) is 11.5 Å². The van der Waals surface area contributed by atoms with Gasteiger partial charge < -0.3 is 4.90 Å². The molecule has 0 saturated carbocycles. The first-order valence-corrected chi connectivity index (χ1v) is 10.3. The average molecular weight is 536 g/mol. The van der Waals surface area contributed by atoms with E-state index in [1.54, 1.807) is 18.0 Å². The van der Waals surface area contributed by atoms with E-state index in [0.717, 1.165) is 19.3 Å². The number of carbonyl (C=O) groups is 1. The maximum Gasteiger partial charge on any atom is 0.261 e. The van der Waals surface area contributed by atoms with Crippen LogP contribution in [-0.4, -0.2) is 22.0 Å². The summed E-state index contributed by atoms with van der Waals surface area (Å²) >= 11 is 5.65. The Kier molecular flexibility index (Phi) is 4.67. The van der Waals surface area contributed by atoms with Gasteiger partial charge in [-0.2, -0.15) is 0 Å². The zero-order valence-electron chi connectivity index (χ0n) is 14.7. The number of aromatic nitrogens is 2. The third-order valence-corrected chi connectivity index (χ3v) is 5.84. The molecule has 0 unspecified atom stereocenters. The van der Waals surface area contributed by atoms with E-state index < -0.39 is 0 Å². The van der Waals surface area contributed by atoms with Gasteiger partial charge in [0.05, 0.1) is 22.2 Å². The van der Waals surface area contributed by atoms with Crippen molar-refractivity contribution >= 4 is 72.7 Å². The summed E-state index contributed by atoms with van der Waals surface area (Å²) in [4.78, 5) is 32.1. The molecule has 0 aliphatic carbocycles. The largest absolute Gasteiger partial charge is 0.308 e. The molecular weight excluding hydrogens is 521 g/mol. The van der Waals surface area contributed by atoms with Gasteiger partial charge >= 0.3 is 0 Å². The summed E-state index contributed by atoms with van der Waals surface area (Å²) in [5.74, 6) is 0.378. The monoisotopic (exact) mass is 535 g/mol. The SMILES string of the molecule is CCN1C(=O)C(=Cc2nc3ccc(I)cc3c(=O)n2C)c2cc(Br)ccc21. The number of carbonyl (C=O) groups excluding carboxylic acids is 1. The van der Waals surface area contributed by atoms with E-state index in [0.29, 0.717) is 28.8 Å². The minimum Gasteiger partial charge on any atom is -0.308 e. The molecule has 2 heterocycles. The van der Waals surface area contributed by atoms with Crippen molar-refractivity contribution in [1.29, 1.82) is 0 Å². The van der Waals surface area contributed by atoms with Crippen molar-refractivity contribution < 1.29 is 4.79 Å². The number of hydrogen-bond acceptors (Lipinski definition) is 3. The van der Waals surface area contributed by atoms with Gasteiger partial charge in [0.1, 0.15) is 5.82 Å². The van der Waals surface area contributed by atoms with Crippen LogP contribution in [-0.2, 0) is 11.8 Å². The first kappa shape index (κ1) is 18.4. The van der Waals surface area contributed by atoms with Crippen molar-refractivity contribution in [3.05, 3.63) is 66.2 Å². The molecule has 4 rings (SSSR count). The highest BCUT2D eigenvalue weighted by Crippen LogP contribution is 2.39. The molecule has 1 amide bonds. The molecule has 0 spiro atoms. The second-order valence-corrected chi connectivity index (χ2v) is 8.43.